The lowest BCUT2D eigenvalue weighted by Crippen LogP contribution is -2.56. The van der Waals surface area contributed by atoms with Gasteiger partial charge in [-0.15, -0.1) is 0 Å². The first-order valence-electron chi connectivity index (χ1n) is 12.8. The quantitative estimate of drug-likeness (QED) is 0.278. The minimum absolute atomic E-state index is 0.0416. The van der Waals surface area contributed by atoms with Crippen LogP contribution in [0.4, 0.5) is 19.3 Å². The van der Waals surface area contributed by atoms with Gasteiger partial charge in [-0.05, 0) is 66.9 Å². The van der Waals surface area contributed by atoms with Gasteiger partial charge in [0.25, 0.3) is 0 Å². The van der Waals surface area contributed by atoms with Gasteiger partial charge in [0.05, 0.1) is 22.2 Å². The van der Waals surface area contributed by atoms with Crippen LogP contribution in [-0.2, 0) is 5.54 Å². The summed E-state index contributed by atoms with van der Waals surface area (Å²) in [6, 6.07) is 13.7. The van der Waals surface area contributed by atoms with Crippen molar-refractivity contribution in [3.63, 3.8) is 0 Å². The van der Waals surface area contributed by atoms with Crippen molar-refractivity contribution in [3.05, 3.63) is 99.0 Å². The van der Waals surface area contributed by atoms with Crippen molar-refractivity contribution in [1.82, 2.24) is 10.2 Å². The van der Waals surface area contributed by atoms with Crippen molar-refractivity contribution in [2.45, 2.75) is 44.7 Å². The molecule has 0 radical (unpaired) electrons. The summed E-state index contributed by atoms with van der Waals surface area (Å²) in [4.78, 5) is 26.7. The van der Waals surface area contributed by atoms with E-state index in [1.807, 2.05) is 20.8 Å². The Bertz CT molecular complexity index is 1430. The predicted octanol–water partition coefficient (Wildman–Crippen LogP) is 7.52. The zero-order valence-corrected chi connectivity index (χ0v) is 24.1. The molecule has 3 atom stereocenters. The van der Waals surface area contributed by atoms with Gasteiger partial charge in [-0.2, -0.15) is 0 Å². The Kier molecular flexibility index (Phi) is 8.45. The number of benzene rings is 3. The van der Waals surface area contributed by atoms with Crippen LogP contribution >= 0.6 is 23.2 Å². The van der Waals surface area contributed by atoms with Gasteiger partial charge in [-0.25, -0.2) is 18.4 Å². The highest BCUT2D eigenvalue weighted by Gasteiger charge is 2.58. The molecule has 10 heteroatoms. The van der Waals surface area contributed by atoms with Crippen molar-refractivity contribution in [2.75, 3.05) is 18.9 Å². The van der Waals surface area contributed by atoms with E-state index in [1.54, 1.807) is 36.2 Å². The maximum atomic E-state index is 15.8. The summed E-state index contributed by atoms with van der Waals surface area (Å²) in [6.45, 7) is 6.08. The second-order valence-corrected chi connectivity index (χ2v) is 12.0. The van der Waals surface area contributed by atoms with Gasteiger partial charge in [0.1, 0.15) is 11.6 Å². The number of likely N-dealkylation sites (N-methyl/N-ethyl adjacent to an activating group) is 1. The number of anilines is 1. The molecule has 0 spiro atoms. The Morgan fingerprint density at radius 1 is 1.07 bits per heavy atom. The van der Waals surface area contributed by atoms with Crippen molar-refractivity contribution in [3.8, 4) is 0 Å². The molecule has 2 amide bonds. The number of hydrogen-bond acceptors (Lipinski definition) is 3. The third-order valence-electron chi connectivity index (χ3n) is 7.43. The molecule has 3 aromatic rings. The molecule has 1 saturated heterocycles. The predicted molar refractivity (Wildman–Crippen MR) is 153 cm³/mol. The largest absolute Gasteiger partial charge is 0.478 e. The van der Waals surface area contributed by atoms with E-state index in [0.717, 1.165) is 0 Å². The molecule has 1 fully saturated rings. The number of carbonyl (C=O) groups is 2. The Balaban J connectivity index is 1.89. The highest BCUT2D eigenvalue weighted by atomic mass is 35.5. The van der Waals surface area contributed by atoms with Crippen LogP contribution in [0.5, 0.6) is 0 Å². The standard InChI is InChI=1S/C30H31Cl2F2N3O3/c1-29(2,3)15-25-30(35-4,21-13-10-18(31)14-24(21)33)22(20-6-5-7-23(32)26(20)34)16-37(25)28(40)36-19-11-8-17(9-12-19)27(38)39/h5-14,22,25,35H,15-16H2,1-4H3,(H,36,40)(H,38,39). The van der Waals surface area contributed by atoms with Gasteiger partial charge in [-0.3, -0.25) is 0 Å². The number of likely N-dealkylation sites (tertiary alicyclic amines) is 1. The van der Waals surface area contributed by atoms with Crippen LogP contribution < -0.4 is 10.6 Å². The molecule has 4 rings (SSSR count). The number of nitrogens with one attached hydrogen (secondary N) is 2. The molecule has 6 nitrogen and oxygen atoms in total. The number of carboxylic acid groups (broad SMARTS) is 1. The van der Waals surface area contributed by atoms with Crippen molar-refractivity contribution in [2.24, 2.45) is 5.41 Å². The zero-order chi connectivity index (χ0) is 29.4. The van der Waals surface area contributed by atoms with Gasteiger partial charge >= 0.3 is 12.0 Å². The lowest BCUT2D eigenvalue weighted by atomic mass is 9.69. The van der Waals surface area contributed by atoms with Crippen LogP contribution in [0.25, 0.3) is 0 Å². The first-order valence-corrected chi connectivity index (χ1v) is 13.5. The van der Waals surface area contributed by atoms with Gasteiger partial charge in [0.15, 0.2) is 0 Å². The Labute approximate surface area is 242 Å². The summed E-state index contributed by atoms with van der Waals surface area (Å²) in [7, 11) is 1.67. The monoisotopic (exact) mass is 589 g/mol. The lowest BCUT2D eigenvalue weighted by Gasteiger charge is -2.44. The van der Waals surface area contributed by atoms with Crippen LogP contribution in [0, 0.1) is 17.0 Å². The number of carboxylic acids is 1. The molecule has 3 unspecified atom stereocenters. The smallest absolute Gasteiger partial charge is 0.335 e. The third kappa shape index (κ3) is 5.66. The molecule has 3 N–H and O–H groups in total. The number of nitrogens with zero attached hydrogens (tertiary/aromatic N) is 1. The normalized spacial score (nSPS) is 20.9. The highest BCUT2D eigenvalue weighted by molar-refractivity contribution is 6.31. The zero-order valence-electron chi connectivity index (χ0n) is 22.6. The van der Waals surface area contributed by atoms with Crippen LogP contribution in [0.2, 0.25) is 10.0 Å². The maximum absolute atomic E-state index is 15.8. The number of hydrogen-bond donors (Lipinski definition) is 3. The molecule has 0 bridgehead atoms. The van der Waals surface area contributed by atoms with E-state index in [-0.39, 0.29) is 38.7 Å². The molecule has 0 aliphatic carbocycles. The topological polar surface area (TPSA) is 81.7 Å². The number of halogens is 4. The summed E-state index contributed by atoms with van der Waals surface area (Å²) in [5.41, 5.74) is -0.629. The fraction of sp³-hybridized carbons (Fsp3) is 0.333. The van der Waals surface area contributed by atoms with Crippen LogP contribution in [0.3, 0.4) is 0 Å². The van der Waals surface area contributed by atoms with Crippen LogP contribution in [0.15, 0.2) is 60.7 Å². The van der Waals surface area contributed by atoms with Crippen molar-refractivity contribution < 1.29 is 23.5 Å². The van der Waals surface area contributed by atoms with E-state index in [2.05, 4.69) is 10.6 Å². The first kappa shape index (κ1) is 29.8. The molecule has 40 heavy (non-hydrogen) atoms. The summed E-state index contributed by atoms with van der Waals surface area (Å²) in [5, 5.41) is 15.5. The second kappa shape index (κ2) is 11.4. The van der Waals surface area contributed by atoms with E-state index in [0.29, 0.717) is 12.1 Å². The Morgan fingerprint density at radius 3 is 2.33 bits per heavy atom. The average molecular weight is 590 g/mol. The summed E-state index contributed by atoms with van der Waals surface area (Å²) in [6.07, 6.45) is 0.431. The minimum atomic E-state index is -1.27. The molecule has 1 aliphatic heterocycles. The molecule has 1 heterocycles. The number of urea groups is 1. The molecular formula is C30H31Cl2F2N3O3. The summed E-state index contributed by atoms with van der Waals surface area (Å²) in [5.74, 6) is -3.04. The fourth-order valence-corrected chi connectivity index (χ4v) is 6.05. The molecule has 0 aromatic heterocycles. The Morgan fingerprint density at radius 2 is 1.75 bits per heavy atom. The fourth-order valence-electron chi connectivity index (χ4n) is 5.71. The second-order valence-electron chi connectivity index (χ2n) is 11.2. The van der Waals surface area contributed by atoms with E-state index in [1.165, 1.54) is 36.4 Å². The van der Waals surface area contributed by atoms with E-state index in [4.69, 9.17) is 23.2 Å². The number of amides is 2. The van der Waals surface area contributed by atoms with Crippen molar-refractivity contribution >= 4 is 40.9 Å². The average Bonchev–Trinajstić information content (AvgIpc) is 3.19. The molecular weight excluding hydrogens is 559 g/mol. The first-order chi connectivity index (χ1) is 18.8. The molecule has 3 aromatic carbocycles. The molecule has 0 saturated carbocycles. The van der Waals surface area contributed by atoms with Gasteiger partial charge in [0.2, 0.25) is 0 Å². The SMILES string of the molecule is CNC1(c2ccc(Cl)cc2F)C(c2cccc(Cl)c2F)CN(C(=O)Nc2ccc(C(=O)O)cc2)C1CC(C)(C)C. The van der Waals surface area contributed by atoms with E-state index < -0.39 is 41.1 Å². The van der Waals surface area contributed by atoms with Gasteiger partial charge < -0.3 is 20.6 Å². The number of carbonyl (C=O) groups excluding carboxylic acids is 1. The van der Waals surface area contributed by atoms with E-state index >= 15 is 8.78 Å². The lowest BCUT2D eigenvalue weighted by molar-refractivity contribution is 0.0697. The van der Waals surface area contributed by atoms with Gasteiger partial charge in [-0.1, -0.05) is 62.2 Å². The van der Waals surface area contributed by atoms with E-state index in [9.17, 15) is 14.7 Å². The van der Waals surface area contributed by atoms with Crippen LogP contribution in [-0.4, -0.2) is 41.6 Å². The highest BCUT2D eigenvalue weighted by Crippen LogP contribution is 2.52. The van der Waals surface area contributed by atoms with Crippen molar-refractivity contribution in [1.29, 1.82) is 0 Å². The Hall–Kier alpha value is -3.20. The third-order valence-corrected chi connectivity index (χ3v) is 7.95. The molecule has 1 aliphatic rings. The maximum Gasteiger partial charge on any atom is 0.335 e. The van der Waals surface area contributed by atoms with Gasteiger partial charge in [0, 0.05) is 28.7 Å². The molecule has 212 valence electrons. The number of aromatic carboxylic acids is 1. The summed E-state index contributed by atoms with van der Waals surface area (Å²) >= 11 is 12.3. The minimum Gasteiger partial charge on any atom is -0.478 e. The van der Waals surface area contributed by atoms with Crippen LogP contribution in [0.1, 0.15) is 54.6 Å². The summed E-state index contributed by atoms with van der Waals surface area (Å²) < 4.78 is 31.4. The number of rotatable bonds is 6.